The first-order valence-corrected chi connectivity index (χ1v) is 5.47. The van der Waals surface area contributed by atoms with Crippen LogP contribution in [-0.4, -0.2) is 14.8 Å². The number of nitrogen functional groups attached to an aromatic ring is 2. The minimum Gasteiger partial charge on any atom is -0.368 e. The molecule has 4 N–H and O–H groups in total. The summed E-state index contributed by atoms with van der Waals surface area (Å²) in [5.74, 6) is 0.484. The average molecular weight is 231 g/mol. The van der Waals surface area contributed by atoms with E-state index in [4.69, 9.17) is 11.5 Å². The Hall–Kier alpha value is -2.04. The van der Waals surface area contributed by atoms with Crippen molar-refractivity contribution in [2.24, 2.45) is 0 Å². The molecule has 0 saturated heterocycles. The molecule has 0 spiro atoms. The molecular formula is C12H17N5. The first kappa shape index (κ1) is 11.4. The molecule has 2 aromatic rings. The van der Waals surface area contributed by atoms with Gasteiger partial charge in [-0.1, -0.05) is 32.9 Å². The highest BCUT2D eigenvalue weighted by Crippen LogP contribution is 2.24. The van der Waals surface area contributed by atoms with Gasteiger partial charge in [-0.05, 0) is 23.1 Å². The topological polar surface area (TPSA) is 82.8 Å². The van der Waals surface area contributed by atoms with Crippen LogP contribution in [0, 0.1) is 0 Å². The Morgan fingerprint density at radius 3 is 2.41 bits per heavy atom. The zero-order valence-corrected chi connectivity index (χ0v) is 10.3. The summed E-state index contributed by atoms with van der Waals surface area (Å²) in [7, 11) is 0. The molecule has 1 aromatic carbocycles. The van der Waals surface area contributed by atoms with Gasteiger partial charge in [-0.2, -0.15) is 9.67 Å². The number of hydrogen-bond donors (Lipinski definition) is 2. The lowest BCUT2D eigenvalue weighted by Crippen LogP contribution is -2.12. The number of benzene rings is 1. The number of nitrogens with zero attached hydrogens (tertiary/aromatic N) is 3. The molecule has 1 aromatic heterocycles. The second-order valence-electron chi connectivity index (χ2n) is 5.04. The second kappa shape index (κ2) is 3.76. The fourth-order valence-electron chi connectivity index (χ4n) is 1.63. The highest BCUT2D eigenvalue weighted by atomic mass is 15.4. The standard InChI is InChI=1S/C12H17N5/c1-12(2,3)8-5-4-6-9(7-8)17-11(14)15-10(13)16-17/h4-7H,1-3H3,(H4,13,14,15,16). The number of anilines is 2. The van der Waals surface area contributed by atoms with Crippen LogP contribution in [0.25, 0.3) is 5.69 Å². The summed E-state index contributed by atoms with van der Waals surface area (Å²) in [6.07, 6.45) is 0. The number of hydrogen-bond acceptors (Lipinski definition) is 4. The van der Waals surface area contributed by atoms with Gasteiger partial charge in [0.2, 0.25) is 11.9 Å². The quantitative estimate of drug-likeness (QED) is 0.783. The van der Waals surface area contributed by atoms with Crippen LogP contribution in [0.1, 0.15) is 26.3 Å². The van der Waals surface area contributed by atoms with Crippen molar-refractivity contribution < 1.29 is 0 Å². The molecule has 0 radical (unpaired) electrons. The molecule has 1 heterocycles. The smallest absolute Gasteiger partial charge is 0.241 e. The number of nitrogens with two attached hydrogens (primary N) is 2. The largest absolute Gasteiger partial charge is 0.368 e. The summed E-state index contributed by atoms with van der Waals surface area (Å²) in [6.45, 7) is 6.47. The van der Waals surface area contributed by atoms with E-state index in [0.717, 1.165) is 5.69 Å². The van der Waals surface area contributed by atoms with Crippen molar-refractivity contribution >= 4 is 11.9 Å². The Morgan fingerprint density at radius 2 is 1.88 bits per heavy atom. The monoisotopic (exact) mass is 231 g/mol. The maximum absolute atomic E-state index is 5.74. The fraction of sp³-hybridized carbons (Fsp3) is 0.333. The molecule has 0 fully saturated rings. The molecule has 0 unspecified atom stereocenters. The predicted molar refractivity (Wildman–Crippen MR) is 68.9 cm³/mol. The van der Waals surface area contributed by atoms with Crippen molar-refractivity contribution in [3.63, 3.8) is 0 Å². The van der Waals surface area contributed by atoms with Gasteiger partial charge in [-0.25, -0.2) is 0 Å². The summed E-state index contributed by atoms with van der Waals surface area (Å²) < 4.78 is 1.55. The molecule has 5 heteroatoms. The van der Waals surface area contributed by atoms with Crippen LogP contribution in [0.15, 0.2) is 24.3 Å². The molecular weight excluding hydrogens is 214 g/mol. The third-order valence-electron chi connectivity index (χ3n) is 2.61. The van der Waals surface area contributed by atoms with Crippen molar-refractivity contribution in [3.8, 4) is 5.69 Å². The normalized spacial score (nSPS) is 11.7. The maximum atomic E-state index is 5.74. The molecule has 0 aliphatic carbocycles. The van der Waals surface area contributed by atoms with Crippen molar-refractivity contribution in [2.75, 3.05) is 11.5 Å². The van der Waals surface area contributed by atoms with Crippen molar-refractivity contribution in [2.45, 2.75) is 26.2 Å². The van der Waals surface area contributed by atoms with Gasteiger partial charge in [0.05, 0.1) is 5.69 Å². The minimum atomic E-state index is 0.0803. The molecule has 5 nitrogen and oxygen atoms in total. The predicted octanol–water partition coefficient (Wildman–Crippen LogP) is 1.73. The van der Waals surface area contributed by atoms with Gasteiger partial charge in [0, 0.05) is 0 Å². The minimum absolute atomic E-state index is 0.0803. The molecule has 0 aliphatic rings. The third-order valence-corrected chi connectivity index (χ3v) is 2.61. The van der Waals surface area contributed by atoms with Crippen LogP contribution in [0.4, 0.5) is 11.9 Å². The van der Waals surface area contributed by atoms with E-state index in [2.05, 4.69) is 36.9 Å². The van der Waals surface area contributed by atoms with Gasteiger partial charge in [0.15, 0.2) is 0 Å². The van der Waals surface area contributed by atoms with E-state index in [-0.39, 0.29) is 11.4 Å². The van der Waals surface area contributed by atoms with E-state index in [1.165, 1.54) is 5.56 Å². The lowest BCUT2D eigenvalue weighted by atomic mass is 9.87. The highest BCUT2D eigenvalue weighted by Gasteiger charge is 2.15. The first-order chi connectivity index (χ1) is 7.88. The molecule has 0 atom stereocenters. The van der Waals surface area contributed by atoms with Crippen LogP contribution in [0.2, 0.25) is 0 Å². The molecule has 17 heavy (non-hydrogen) atoms. The molecule has 0 amide bonds. The molecule has 90 valence electrons. The van der Waals surface area contributed by atoms with Gasteiger partial charge < -0.3 is 11.5 Å². The van der Waals surface area contributed by atoms with Gasteiger partial charge in [0.25, 0.3) is 0 Å². The summed E-state index contributed by atoms with van der Waals surface area (Å²) in [6, 6.07) is 8.04. The van der Waals surface area contributed by atoms with Crippen LogP contribution in [0.3, 0.4) is 0 Å². The van der Waals surface area contributed by atoms with Gasteiger partial charge in [0.1, 0.15) is 0 Å². The highest BCUT2D eigenvalue weighted by molar-refractivity contribution is 5.43. The Morgan fingerprint density at radius 1 is 1.18 bits per heavy atom. The molecule has 0 saturated carbocycles. The zero-order valence-electron chi connectivity index (χ0n) is 10.3. The van der Waals surface area contributed by atoms with Crippen LogP contribution < -0.4 is 11.5 Å². The third kappa shape index (κ3) is 2.22. The summed E-state index contributed by atoms with van der Waals surface area (Å²) >= 11 is 0. The second-order valence-corrected chi connectivity index (χ2v) is 5.04. The van der Waals surface area contributed by atoms with Crippen LogP contribution >= 0.6 is 0 Å². The first-order valence-electron chi connectivity index (χ1n) is 5.47. The maximum Gasteiger partial charge on any atom is 0.241 e. The zero-order chi connectivity index (χ0) is 12.6. The molecule has 0 bridgehead atoms. The SMILES string of the molecule is CC(C)(C)c1cccc(-n2nc(N)nc2N)c1. The number of aromatic nitrogens is 3. The Balaban J connectivity index is 2.50. The van der Waals surface area contributed by atoms with E-state index in [1.54, 1.807) is 4.68 Å². The van der Waals surface area contributed by atoms with E-state index in [9.17, 15) is 0 Å². The Kier molecular flexibility index (Phi) is 2.53. The lowest BCUT2D eigenvalue weighted by molar-refractivity contribution is 0.589. The van der Waals surface area contributed by atoms with E-state index in [0.29, 0.717) is 5.95 Å². The average Bonchev–Trinajstić information content (AvgIpc) is 2.57. The Bertz CT molecular complexity index is 536. The van der Waals surface area contributed by atoms with E-state index >= 15 is 0 Å². The number of rotatable bonds is 1. The van der Waals surface area contributed by atoms with Crippen LogP contribution in [0.5, 0.6) is 0 Å². The Labute approximate surface area is 100 Å². The molecule has 0 aliphatic heterocycles. The van der Waals surface area contributed by atoms with Crippen LogP contribution in [-0.2, 0) is 5.41 Å². The van der Waals surface area contributed by atoms with E-state index in [1.807, 2.05) is 18.2 Å². The van der Waals surface area contributed by atoms with Gasteiger partial charge >= 0.3 is 0 Å². The summed E-state index contributed by atoms with van der Waals surface area (Å²) in [5.41, 5.74) is 13.4. The van der Waals surface area contributed by atoms with Gasteiger partial charge in [-0.3, -0.25) is 0 Å². The van der Waals surface area contributed by atoms with Crippen molar-refractivity contribution in [3.05, 3.63) is 29.8 Å². The van der Waals surface area contributed by atoms with Gasteiger partial charge in [-0.15, -0.1) is 5.10 Å². The fourth-order valence-corrected chi connectivity index (χ4v) is 1.63. The van der Waals surface area contributed by atoms with E-state index < -0.39 is 0 Å². The van der Waals surface area contributed by atoms with Crippen molar-refractivity contribution in [1.82, 2.24) is 14.8 Å². The lowest BCUT2D eigenvalue weighted by Gasteiger charge is -2.19. The molecule has 2 rings (SSSR count). The summed E-state index contributed by atoms with van der Waals surface area (Å²) in [5, 5.41) is 4.06. The summed E-state index contributed by atoms with van der Waals surface area (Å²) in [4.78, 5) is 3.89. The van der Waals surface area contributed by atoms with Crippen molar-refractivity contribution in [1.29, 1.82) is 0 Å².